The Morgan fingerprint density at radius 2 is 1.97 bits per heavy atom. The molecule has 1 aliphatic heterocycles. The fourth-order valence-corrected chi connectivity index (χ4v) is 4.04. The molecule has 0 spiro atoms. The number of fused-ring (bicyclic) bond motifs is 3. The minimum Gasteiger partial charge on any atom is -0.496 e. The zero-order chi connectivity index (χ0) is 22.3. The number of carbonyl (C=O) groups is 1. The summed E-state index contributed by atoms with van der Waals surface area (Å²) in [7, 11) is 3.55. The van der Waals surface area contributed by atoms with E-state index in [4.69, 9.17) is 9.47 Å². The van der Waals surface area contributed by atoms with E-state index in [1.165, 1.54) is 6.92 Å². The number of aryl methyl sites for hydroxylation is 2. The number of aromatic nitrogens is 4. The van der Waals surface area contributed by atoms with E-state index in [-0.39, 0.29) is 12.4 Å². The summed E-state index contributed by atoms with van der Waals surface area (Å²) in [4.78, 5) is 12.3. The SMILES string of the molecule is C/C=C\C(=C/C)n1nc(C(C)=O)c2c1-c1cc(-c3cc(C)nn3C)c(OC)cc1OC2. The number of benzene rings is 1. The van der Waals surface area contributed by atoms with Crippen molar-refractivity contribution in [3.8, 4) is 34.0 Å². The van der Waals surface area contributed by atoms with E-state index in [2.05, 4.69) is 10.2 Å². The van der Waals surface area contributed by atoms with Crippen LogP contribution in [0.25, 0.3) is 28.2 Å². The molecule has 0 amide bonds. The lowest BCUT2D eigenvalue weighted by Crippen LogP contribution is -2.10. The van der Waals surface area contributed by atoms with Gasteiger partial charge in [0.05, 0.1) is 29.9 Å². The molecule has 1 aromatic carbocycles. The predicted octanol–water partition coefficient (Wildman–Crippen LogP) is 4.80. The number of nitrogens with zero attached hydrogens (tertiary/aromatic N) is 4. The van der Waals surface area contributed by atoms with E-state index in [0.29, 0.717) is 17.2 Å². The molecule has 3 heterocycles. The second kappa shape index (κ2) is 7.91. The maximum absolute atomic E-state index is 12.3. The Bertz CT molecular complexity index is 1240. The second-order valence-corrected chi connectivity index (χ2v) is 7.49. The van der Waals surface area contributed by atoms with E-state index in [9.17, 15) is 4.79 Å². The molecule has 0 saturated carbocycles. The first-order chi connectivity index (χ1) is 14.9. The van der Waals surface area contributed by atoms with E-state index >= 15 is 0 Å². The van der Waals surface area contributed by atoms with Gasteiger partial charge in [-0.2, -0.15) is 10.2 Å². The number of Topliss-reactive ketones (excluding diaryl/α,β-unsaturated/α-hetero) is 1. The quantitative estimate of drug-likeness (QED) is 0.440. The van der Waals surface area contributed by atoms with Crippen LogP contribution < -0.4 is 9.47 Å². The lowest BCUT2D eigenvalue weighted by atomic mass is 9.97. The van der Waals surface area contributed by atoms with Gasteiger partial charge in [0.15, 0.2) is 5.78 Å². The summed E-state index contributed by atoms with van der Waals surface area (Å²) in [5, 5.41) is 9.14. The van der Waals surface area contributed by atoms with Gasteiger partial charge in [-0.15, -0.1) is 0 Å². The van der Waals surface area contributed by atoms with Gasteiger partial charge in [-0.1, -0.05) is 12.2 Å². The highest BCUT2D eigenvalue weighted by molar-refractivity contribution is 5.97. The number of allylic oxidation sites excluding steroid dienone is 4. The molecule has 0 aliphatic carbocycles. The Morgan fingerprint density at radius 3 is 2.55 bits per heavy atom. The third kappa shape index (κ3) is 3.36. The number of ether oxygens (including phenoxy) is 2. The van der Waals surface area contributed by atoms with Crippen molar-refractivity contribution in [2.45, 2.75) is 34.3 Å². The van der Waals surface area contributed by atoms with Crippen LogP contribution in [0.3, 0.4) is 0 Å². The van der Waals surface area contributed by atoms with E-state index in [1.54, 1.807) is 7.11 Å². The summed E-state index contributed by atoms with van der Waals surface area (Å²) in [5.74, 6) is 1.30. The van der Waals surface area contributed by atoms with Crippen molar-refractivity contribution in [3.05, 3.63) is 53.4 Å². The molecular weight excluding hydrogens is 392 g/mol. The van der Waals surface area contributed by atoms with E-state index in [1.807, 2.05) is 73.6 Å². The molecule has 0 fully saturated rings. The molecule has 0 bridgehead atoms. The molecule has 2 aromatic heterocycles. The standard InChI is InChI=1S/C24H26N4O3/c1-7-9-16(8-2)28-24-18-11-17(20-10-14(3)25-27(20)5)21(30-6)12-22(18)31-13-19(24)23(26-28)15(4)29/h7-12H,13H2,1-6H3/b9-7-,16-8+. The molecule has 3 aromatic rings. The average Bonchev–Trinajstić information content (AvgIpc) is 3.30. The number of methoxy groups -OCH3 is 1. The molecule has 0 unspecified atom stereocenters. The first-order valence-electron chi connectivity index (χ1n) is 10.2. The third-order valence-corrected chi connectivity index (χ3v) is 5.40. The Balaban J connectivity index is 2.04. The van der Waals surface area contributed by atoms with E-state index in [0.717, 1.165) is 39.5 Å². The highest BCUT2D eigenvalue weighted by Gasteiger charge is 2.30. The first-order valence-corrected chi connectivity index (χ1v) is 10.2. The predicted molar refractivity (Wildman–Crippen MR) is 120 cm³/mol. The minimum atomic E-state index is -0.0889. The van der Waals surface area contributed by atoms with Gasteiger partial charge in [0.2, 0.25) is 0 Å². The molecule has 1 aliphatic rings. The normalized spacial score (nSPS) is 13.2. The van der Waals surface area contributed by atoms with Gasteiger partial charge >= 0.3 is 0 Å². The summed E-state index contributed by atoms with van der Waals surface area (Å²) < 4.78 is 15.4. The summed E-state index contributed by atoms with van der Waals surface area (Å²) in [6, 6.07) is 5.95. The second-order valence-electron chi connectivity index (χ2n) is 7.49. The lowest BCUT2D eigenvalue weighted by Gasteiger charge is -2.22. The number of rotatable bonds is 5. The monoisotopic (exact) mass is 418 g/mol. The zero-order valence-electron chi connectivity index (χ0n) is 18.7. The molecule has 31 heavy (non-hydrogen) atoms. The van der Waals surface area contributed by atoms with Crippen LogP contribution in [0.15, 0.2) is 36.4 Å². The maximum Gasteiger partial charge on any atom is 0.180 e. The highest BCUT2D eigenvalue weighted by Crippen LogP contribution is 2.46. The van der Waals surface area contributed by atoms with Crippen LogP contribution >= 0.6 is 0 Å². The fraction of sp³-hybridized carbons (Fsp3) is 0.292. The third-order valence-electron chi connectivity index (χ3n) is 5.40. The molecule has 7 heteroatoms. The largest absolute Gasteiger partial charge is 0.496 e. The zero-order valence-corrected chi connectivity index (χ0v) is 18.7. The number of ketones is 1. The smallest absolute Gasteiger partial charge is 0.180 e. The van der Waals surface area contributed by atoms with Crippen LogP contribution in [0.1, 0.15) is 42.5 Å². The average molecular weight is 418 g/mol. The van der Waals surface area contributed by atoms with Crippen LogP contribution in [0.4, 0.5) is 0 Å². The molecule has 0 saturated heterocycles. The lowest BCUT2D eigenvalue weighted by molar-refractivity contribution is 0.101. The number of hydrogen-bond donors (Lipinski definition) is 0. The summed E-state index contributed by atoms with van der Waals surface area (Å²) in [6.45, 7) is 7.67. The molecule has 160 valence electrons. The summed E-state index contributed by atoms with van der Waals surface area (Å²) in [6.07, 6.45) is 5.90. The Kier molecular flexibility index (Phi) is 5.27. The Morgan fingerprint density at radius 1 is 1.19 bits per heavy atom. The Labute approximate surface area is 181 Å². The van der Waals surface area contributed by atoms with Gasteiger partial charge < -0.3 is 9.47 Å². The first kappa shape index (κ1) is 20.7. The molecule has 0 atom stereocenters. The molecule has 4 rings (SSSR count). The van der Waals surface area contributed by atoms with Gasteiger partial charge in [0.1, 0.15) is 23.8 Å². The van der Waals surface area contributed by atoms with Gasteiger partial charge in [-0.05, 0) is 39.0 Å². The number of carbonyl (C=O) groups excluding carboxylic acids is 1. The number of hydrogen-bond acceptors (Lipinski definition) is 5. The van der Waals surface area contributed by atoms with Gasteiger partial charge in [0, 0.05) is 36.7 Å². The van der Waals surface area contributed by atoms with Crippen molar-refractivity contribution in [1.29, 1.82) is 0 Å². The van der Waals surface area contributed by atoms with Crippen molar-refractivity contribution in [1.82, 2.24) is 19.6 Å². The van der Waals surface area contributed by atoms with Gasteiger partial charge in [-0.3, -0.25) is 9.48 Å². The fourth-order valence-electron chi connectivity index (χ4n) is 4.04. The molecule has 0 radical (unpaired) electrons. The van der Waals surface area contributed by atoms with E-state index < -0.39 is 0 Å². The summed E-state index contributed by atoms with van der Waals surface area (Å²) >= 11 is 0. The van der Waals surface area contributed by atoms with Crippen LogP contribution in [-0.4, -0.2) is 32.5 Å². The highest BCUT2D eigenvalue weighted by atomic mass is 16.5. The van der Waals surface area contributed by atoms with Crippen molar-refractivity contribution in [2.24, 2.45) is 7.05 Å². The van der Waals surface area contributed by atoms with Gasteiger partial charge in [0.25, 0.3) is 0 Å². The Hall–Kier alpha value is -3.61. The summed E-state index contributed by atoms with van der Waals surface area (Å²) in [5.41, 5.74) is 6.57. The van der Waals surface area contributed by atoms with Crippen LogP contribution in [0.5, 0.6) is 11.5 Å². The van der Waals surface area contributed by atoms with Crippen LogP contribution in [0, 0.1) is 6.92 Å². The molecule has 7 nitrogen and oxygen atoms in total. The maximum atomic E-state index is 12.3. The van der Waals surface area contributed by atoms with Crippen molar-refractivity contribution >= 4 is 11.5 Å². The van der Waals surface area contributed by atoms with Crippen LogP contribution in [0.2, 0.25) is 0 Å². The minimum absolute atomic E-state index is 0.0889. The van der Waals surface area contributed by atoms with Crippen molar-refractivity contribution in [2.75, 3.05) is 7.11 Å². The molecule has 0 N–H and O–H groups in total. The van der Waals surface area contributed by atoms with Crippen molar-refractivity contribution in [3.63, 3.8) is 0 Å². The van der Waals surface area contributed by atoms with Crippen LogP contribution in [-0.2, 0) is 13.7 Å². The topological polar surface area (TPSA) is 71.2 Å². The molecular formula is C24H26N4O3. The van der Waals surface area contributed by atoms with Gasteiger partial charge in [-0.25, -0.2) is 4.68 Å². The van der Waals surface area contributed by atoms with Crippen molar-refractivity contribution < 1.29 is 14.3 Å².